The van der Waals surface area contributed by atoms with E-state index in [4.69, 9.17) is 9.47 Å². The molecule has 0 unspecified atom stereocenters. The number of phenols is 1. The van der Waals surface area contributed by atoms with Crippen molar-refractivity contribution < 1.29 is 14.6 Å². The summed E-state index contributed by atoms with van der Waals surface area (Å²) in [7, 11) is 3.15. The van der Waals surface area contributed by atoms with Crippen LogP contribution in [0.3, 0.4) is 0 Å². The van der Waals surface area contributed by atoms with Gasteiger partial charge in [0.15, 0.2) is 11.5 Å². The fraction of sp³-hybridized carbons (Fsp3) is 0.444. The van der Waals surface area contributed by atoms with Gasteiger partial charge in [-0.15, -0.1) is 0 Å². The van der Waals surface area contributed by atoms with Crippen LogP contribution >= 0.6 is 0 Å². The van der Waals surface area contributed by atoms with Crippen LogP contribution < -0.4 is 9.47 Å². The first-order chi connectivity index (χ1) is 9.97. The monoisotopic (exact) mass is 290 g/mol. The third kappa shape index (κ3) is 5.54. The number of aromatic hydroxyl groups is 1. The average molecular weight is 290 g/mol. The first-order valence-corrected chi connectivity index (χ1v) is 7.20. The second-order valence-electron chi connectivity index (χ2n) is 5.41. The lowest BCUT2D eigenvalue weighted by atomic mass is 10.0. The lowest BCUT2D eigenvalue weighted by molar-refractivity contribution is 0.362. The maximum atomic E-state index is 10.2. The summed E-state index contributed by atoms with van der Waals surface area (Å²) in [6, 6.07) is 3.53. The summed E-state index contributed by atoms with van der Waals surface area (Å²) in [5.41, 5.74) is 3.47. The molecule has 3 heteroatoms. The van der Waals surface area contributed by atoms with Crippen LogP contribution in [0.2, 0.25) is 0 Å². The standard InChI is InChI=1S/C18H26O3/c1-13(2)7-6-8-14(3)9-10-15-11-16(20-4)12-17(21-5)18(15)19/h7,9,11-12,19H,6,8,10H2,1-5H3. The van der Waals surface area contributed by atoms with Crippen molar-refractivity contribution in [3.05, 3.63) is 41.0 Å². The van der Waals surface area contributed by atoms with Crippen LogP contribution in [0.1, 0.15) is 39.2 Å². The second-order valence-corrected chi connectivity index (χ2v) is 5.41. The van der Waals surface area contributed by atoms with Gasteiger partial charge in [-0.1, -0.05) is 23.3 Å². The summed E-state index contributed by atoms with van der Waals surface area (Å²) < 4.78 is 10.4. The zero-order valence-corrected chi connectivity index (χ0v) is 13.7. The van der Waals surface area contributed by atoms with Crippen molar-refractivity contribution in [2.75, 3.05) is 14.2 Å². The molecule has 0 atom stereocenters. The number of hydrogen-bond donors (Lipinski definition) is 1. The maximum Gasteiger partial charge on any atom is 0.164 e. The van der Waals surface area contributed by atoms with E-state index in [1.165, 1.54) is 11.1 Å². The molecular weight excluding hydrogens is 264 g/mol. The predicted octanol–water partition coefficient (Wildman–Crippen LogP) is 4.64. The van der Waals surface area contributed by atoms with Crippen molar-refractivity contribution in [3.63, 3.8) is 0 Å². The molecule has 0 saturated heterocycles. The highest BCUT2D eigenvalue weighted by molar-refractivity contribution is 5.51. The van der Waals surface area contributed by atoms with Gasteiger partial charge in [0.25, 0.3) is 0 Å². The summed E-state index contributed by atoms with van der Waals surface area (Å²) in [4.78, 5) is 0. The van der Waals surface area contributed by atoms with Gasteiger partial charge in [0.05, 0.1) is 14.2 Å². The van der Waals surface area contributed by atoms with Crippen LogP contribution in [0.4, 0.5) is 0 Å². The molecule has 0 spiro atoms. The largest absolute Gasteiger partial charge is 0.504 e. The second kappa shape index (κ2) is 8.40. The van der Waals surface area contributed by atoms with Crippen molar-refractivity contribution in [2.45, 2.75) is 40.0 Å². The Morgan fingerprint density at radius 1 is 1.10 bits per heavy atom. The number of allylic oxidation sites excluding steroid dienone is 4. The zero-order chi connectivity index (χ0) is 15.8. The Balaban J connectivity index is 2.80. The molecule has 1 rings (SSSR count). The van der Waals surface area contributed by atoms with Crippen molar-refractivity contribution in [3.8, 4) is 17.2 Å². The number of ether oxygens (including phenoxy) is 2. The van der Waals surface area contributed by atoms with Crippen molar-refractivity contribution in [2.24, 2.45) is 0 Å². The Morgan fingerprint density at radius 3 is 2.38 bits per heavy atom. The van der Waals surface area contributed by atoms with Gasteiger partial charge in [0.1, 0.15) is 5.75 Å². The highest BCUT2D eigenvalue weighted by Gasteiger charge is 2.10. The molecule has 1 aromatic rings. The lowest BCUT2D eigenvalue weighted by Crippen LogP contribution is -1.93. The molecule has 0 fully saturated rings. The molecule has 0 bridgehead atoms. The van der Waals surface area contributed by atoms with Gasteiger partial charge in [0, 0.05) is 11.6 Å². The van der Waals surface area contributed by atoms with E-state index >= 15 is 0 Å². The van der Waals surface area contributed by atoms with Gasteiger partial charge >= 0.3 is 0 Å². The van der Waals surface area contributed by atoms with Gasteiger partial charge in [-0.2, -0.15) is 0 Å². The quantitative estimate of drug-likeness (QED) is 0.743. The topological polar surface area (TPSA) is 38.7 Å². The molecule has 1 N–H and O–H groups in total. The highest BCUT2D eigenvalue weighted by atomic mass is 16.5. The zero-order valence-electron chi connectivity index (χ0n) is 13.7. The minimum atomic E-state index is 0.187. The van der Waals surface area contributed by atoms with Crippen molar-refractivity contribution in [1.29, 1.82) is 0 Å². The normalized spacial score (nSPS) is 11.2. The SMILES string of the molecule is COc1cc(CC=C(C)CCC=C(C)C)c(O)c(OC)c1. The summed E-state index contributed by atoms with van der Waals surface area (Å²) in [5, 5.41) is 10.2. The van der Waals surface area contributed by atoms with Crippen molar-refractivity contribution in [1.82, 2.24) is 0 Å². The van der Waals surface area contributed by atoms with E-state index < -0.39 is 0 Å². The third-order valence-electron chi connectivity index (χ3n) is 3.34. The Morgan fingerprint density at radius 2 is 1.81 bits per heavy atom. The summed E-state index contributed by atoms with van der Waals surface area (Å²) in [5.74, 6) is 1.32. The lowest BCUT2D eigenvalue weighted by Gasteiger charge is -2.11. The van der Waals surface area contributed by atoms with Gasteiger partial charge in [-0.05, 0) is 46.1 Å². The molecule has 0 heterocycles. The molecule has 0 aromatic heterocycles. The van der Waals surface area contributed by atoms with Crippen LogP contribution in [-0.2, 0) is 6.42 Å². The van der Waals surface area contributed by atoms with Crippen molar-refractivity contribution >= 4 is 0 Å². The molecular formula is C18H26O3. The average Bonchev–Trinajstić information content (AvgIpc) is 2.45. The molecule has 0 saturated carbocycles. The molecule has 1 aromatic carbocycles. The fourth-order valence-corrected chi connectivity index (χ4v) is 2.04. The van der Waals surface area contributed by atoms with E-state index in [9.17, 15) is 5.11 Å². The summed E-state index contributed by atoms with van der Waals surface area (Å²) >= 11 is 0. The van der Waals surface area contributed by atoms with Crippen LogP contribution in [0, 0.1) is 0 Å². The van der Waals surface area contributed by atoms with E-state index in [2.05, 4.69) is 32.9 Å². The molecule has 0 aliphatic rings. The maximum absolute atomic E-state index is 10.2. The third-order valence-corrected chi connectivity index (χ3v) is 3.34. The highest BCUT2D eigenvalue weighted by Crippen LogP contribution is 2.35. The summed E-state index contributed by atoms with van der Waals surface area (Å²) in [6.07, 6.45) is 7.14. The molecule has 0 radical (unpaired) electrons. The Bertz CT molecular complexity index is 524. The van der Waals surface area contributed by atoms with Crippen LogP contribution in [0.25, 0.3) is 0 Å². The Hall–Kier alpha value is -1.90. The van der Waals surface area contributed by atoms with Gasteiger partial charge in [0.2, 0.25) is 0 Å². The smallest absolute Gasteiger partial charge is 0.164 e. The Labute approximate surface area is 127 Å². The Kier molecular flexibility index (Phi) is 6.86. The fourth-order valence-electron chi connectivity index (χ4n) is 2.04. The molecule has 0 aliphatic heterocycles. The van der Waals surface area contributed by atoms with E-state index in [0.717, 1.165) is 18.4 Å². The van der Waals surface area contributed by atoms with Crippen LogP contribution in [-0.4, -0.2) is 19.3 Å². The van der Waals surface area contributed by atoms with Crippen LogP contribution in [0.5, 0.6) is 17.2 Å². The van der Waals surface area contributed by atoms with Gasteiger partial charge < -0.3 is 14.6 Å². The van der Waals surface area contributed by atoms with E-state index in [-0.39, 0.29) is 5.75 Å². The predicted molar refractivity (Wildman–Crippen MR) is 87.3 cm³/mol. The van der Waals surface area contributed by atoms with E-state index in [0.29, 0.717) is 17.9 Å². The first kappa shape index (κ1) is 17.2. The van der Waals surface area contributed by atoms with Gasteiger partial charge in [-0.25, -0.2) is 0 Å². The summed E-state index contributed by atoms with van der Waals surface area (Å²) in [6.45, 7) is 6.34. The number of benzene rings is 1. The van der Waals surface area contributed by atoms with E-state index in [1.54, 1.807) is 20.3 Å². The number of methoxy groups -OCH3 is 2. The van der Waals surface area contributed by atoms with Crippen LogP contribution in [0.15, 0.2) is 35.4 Å². The minimum Gasteiger partial charge on any atom is -0.504 e. The number of rotatable bonds is 7. The first-order valence-electron chi connectivity index (χ1n) is 7.20. The minimum absolute atomic E-state index is 0.187. The molecule has 21 heavy (non-hydrogen) atoms. The van der Waals surface area contributed by atoms with E-state index in [1.807, 2.05) is 6.07 Å². The molecule has 116 valence electrons. The molecule has 3 nitrogen and oxygen atoms in total. The number of hydrogen-bond acceptors (Lipinski definition) is 3. The molecule has 0 amide bonds. The molecule has 0 aliphatic carbocycles. The van der Waals surface area contributed by atoms with Gasteiger partial charge in [-0.3, -0.25) is 0 Å². The number of phenolic OH excluding ortho intramolecular Hbond substituents is 1.